The Morgan fingerprint density at radius 1 is 1.28 bits per heavy atom. The molecular formula is C10H9F3N4O. The van der Waals surface area contributed by atoms with Crippen LogP contribution >= 0.6 is 0 Å². The quantitative estimate of drug-likeness (QED) is 0.844. The first kappa shape index (κ1) is 12.4. The van der Waals surface area contributed by atoms with Crippen molar-refractivity contribution < 1.29 is 13.2 Å². The third kappa shape index (κ3) is 2.14. The average Bonchev–Trinajstić information content (AvgIpc) is 2.69. The molecule has 1 aromatic heterocycles. The normalized spacial score (nSPS) is 11.8. The van der Waals surface area contributed by atoms with Gasteiger partial charge in [-0.05, 0) is 24.3 Å². The maximum Gasteiger partial charge on any atom is 0.416 e. The second-order valence-corrected chi connectivity index (χ2v) is 3.53. The summed E-state index contributed by atoms with van der Waals surface area (Å²) in [4.78, 5) is 11.4. The molecule has 1 aromatic carbocycles. The Balaban J connectivity index is 2.47. The summed E-state index contributed by atoms with van der Waals surface area (Å²) in [6, 6.07) is 4.18. The number of alkyl halides is 3. The Hall–Kier alpha value is -2.09. The van der Waals surface area contributed by atoms with Gasteiger partial charge >= 0.3 is 11.9 Å². The van der Waals surface area contributed by atoms with E-state index in [1.807, 2.05) is 0 Å². The van der Waals surface area contributed by atoms with Gasteiger partial charge in [0.15, 0.2) is 5.82 Å². The third-order valence-electron chi connectivity index (χ3n) is 2.38. The molecule has 0 radical (unpaired) electrons. The van der Waals surface area contributed by atoms with Crippen LogP contribution in [0.5, 0.6) is 0 Å². The first-order valence-electron chi connectivity index (χ1n) is 4.97. The van der Waals surface area contributed by atoms with Crippen molar-refractivity contribution in [2.75, 3.05) is 0 Å². The summed E-state index contributed by atoms with van der Waals surface area (Å²) in [7, 11) is 0. The van der Waals surface area contributed by atoms with Crippen LogP contribution in [0.25, 0.3) is 5.69 Å². The average molecular weight is 258 g/mol. The summed E-state index contributed by atoms with van der Waals surface area (Å²) < 4.78 is 38.3. The number of nitrogens with zero attached hydrogens (tertiary/aromatic N) is 2. The second kappa shape index (κ2) is 4.30. The van der Waals surface area contributed by atoms with Gasteiger partial charge < -0.3 is 5.73 Å². The van der Waals surface area contributed by atoms with Crippen LogP contribution in [0.4, 0.5) is 13.2 Å². The summed E-state index contributed by atoms with van der Waals surface area (Å²) >= 11 is 0. The molecule has 0 aliphatic rings. The zero-order chi connectivity index (χ0) is 13.3. The van der Waals surface area contributed by atoms with Gasteiger partial charge in [-0.3, -0.25) is 0 Å². The number of benzene rings is 1. The maximum atomic E-state index is 12.4. The lowest BCUT2D eigenvalue weighted by molar-refractivity contribution is -0.137. The van der Waals surface area contributed by atoms with Gasteiger partial charge in [0.05, 0.1) is 17.8 Å². The van der Waals surface area contributed by atoms with Crippen molar-refractivity contribution in [2.24, 2.45) is 5.73 Å². The Morgan fingerprint density at radius 3 is 2.39 bits per heavy atom. The van der Waals surface area contributed by atoms with Crippen molar-refractivity contribution in [3.05, 3.63) is 46.1 Å². The number of aromatic nitrogens is 3. The van der Waals surface area contributed by atoms with Crippen molar-refractivity contribution in [3.63, 3.8) is 0 Å². The minimum Gasteiger partial charge on any atom is -0.324 e. The van der Waals surface area contributed by atoms with Crippen LogP contribution in [-0.4, -0.2) is 14.8 Å². The fourth-order valence-corrected chi connectivity index (χ4v) is 1.53. The highest BCUT2D eigenvalue weighted by Crippen LogP contribution is 2.29. The van der Waals surface area contributed by atoms with E-state index in [9.17, 15) is 18.0 Å². The minimum atomic E-state index is -4.41. The molecule has 1 heterocycles. The van der Waals surface area contributed by atoms with Crippen LogP contribution in [0.1, 0.15) is 11.4 Å². The molecule has 8 heteroatoms. The van der Waals surface area contributed by atoms with E-state index in [2.05, 4.69) is 10.2 Å². The highest BCUT2D eigenvalue weighted by Gasteiger charge is 2.30. The van der Waals surface area contributed by atoms with E-state index in [4.69, 9.17) is 5.73 Å². The number of nitrogens with one attached hydrogen (secondary N) is 1. The molecule has 0 saturated heterocycles. The van der Waals surface area contributed by atoms with Gasteiger partial charge in [-0.25, -0.2) is 14.5 Å². The van der Waals surface area contributed by atoms with E-state index in [0.717, 1.165) is 16.7 Å². The molecule has 18 heavy (non-hydrogen) atoms. The highest BCUT2D eigenvalue weighted by molar-refractivity contribution is 5.36. The molecule has 0 bridgehead atoms. The summed E-state index contributed by atoms with van der Waals surface area (Å²) in [6.45, 7) is -0.000236. The van der Waals surface area contributed by atoms with Gasteiger partial charge in [-0.1, -0.05) is 0 Å². The minimum absolute atomic E-state index is 0.000236. The maximum absolute atomic E-state index is 12.4. The lowest BCUT2D eigenvalue weighted by Crippen LogP contribution is -2.18. The number of aromatic amines is 1. The monoisotopic (exact) mass is 258 g/mol. The number of hydrogen-bond donors (Lipinski definition) is 2. The zero-order valence-electron chi connectivity index (χ0n) is 9.03. The van der Waals surface area contributed by atoms with Gasteiger partial charge in [0.1, 0.15) is 0 Å². The SMILES string of the molecule is NCc1n[nH]c(=O)n1-c1ccc(C(F)(F)F)cc1. The first-order valence-corrected chi connectivity index (χ1v) is 4.97. The van der Waals surface area contributed by atoms with Gasteiger partial charge in [0.25, 0.3) is 0 Å². The largest absolute Gasteiger partial charge is 0.416 e. The molecule has 0 fully saturated rings. The van der Waals surface area contributed by atoms with Crippen LogP contribution in [0.15, 0.2) is 29.1 Å². The Morgan fingerprint density at radius 2 is 1.89 bits per heavy atom. The van der Waals surface area contributed by atoms with Crippen LogP contribution in [0.3, 0.4) is 0 Å². The van der Waals surface area contributed by atoms with E-state index >= 15 is 0 Å². The molecule has 3 N–H and O–H groups in total. The topological polar surface area (TPSA) is 76.7 Å². The molecule has 2 aromatic rings. The summed E-state index contributed by atoms with van der Waals surface area (Å²) in [5.74, 6) is 0.250. The first-order chi connectivity index (χ1) is 8.43. The second-order valence-electron chi connectivity index (χ2n) is 3.53. The van der Waals surface area contributed by atoms with Crippen molar-refractivity contribution in [1.29, 1.82) is 0 Å². The number of halogens is 3. The van der Waals surface area contributed by atoms with E-state index in [1.54, 1.807) is 0 Å². The molecule has 0 aliphatic carbocycles. The standard InChI is InChI=1S/C10H9F3N4O/c11-10(12,13)6-1-3-7(4-2-6)17-8(5-14)15-16-9(17)18/h1-4H,5,14H2,(H,16,18). The predicted octanol–water partition coefficient (Wildman–Crippen LogP) is 1.04. The summed E-state index contributed by atoms with van der Waals surface area (Å²) in [6.07, 6.45) is -4.41. The van der Waals surface area contributed by atoms with Crippen molar-refractivity contribution in [3.8, 4) is 5.69 Å². The molecule has 0 amide bonds. The molecule has 0 atom stereocenters. The molecule has 0 saturated carbocycles. The Labute approximate surface area is 99.0 Å². The van der Waals surface area contributed by atoms with Gasteiger partial charge in [-0.15, -0.1) is 0 Å². The van der Waals surface area contributed by atoms with Crippen LogP contribution in [0.2, 0.25) is 0 Å². The predicted molar refractivity (Wildman–Crippen MR) is 57.1 cm³/mol. The van der Waals surface area contributed by atoms with Gasteiger partial charge in [-0.2, -0.15) is 18.3 Å². The van der Waals surface area contributed by atoms with Crippen LogP contribution < -0.4 is 11.4 Å². The molecule has 0 spiro atoms. The molecule has 96 valence electrons. The summed E-state index contributed by atoms with van der Waals surface area (Å²) in [5.41, 5.74) is 4.33. The molecule has 0 unspecified atom stereocenters. The molecule has 5 nitrogen and oxygen atoms in total. The van der Waals surface area contributed by atoms with E-state index in [1.165, 1.54) is 12.1 Å². The smallest absolute Gasteiger partial charge is 0.324 e. The lowest BCUT2D eigenvalue weighted by Gasteiger charge is -2.08. The number of nitrogens with two attached hydrogens (primary N) is 1. The Bertz CT molecular complexity index is 597. The fourth-order valence-electron chi connectivity index (χ4n) is 1.53. The van der Waals surface area contributed by atoms with Crippen molar-refractivity contribution >= 4 is 0 Å². The van der Waals surface area contributed by atoms with Gasteiger partial charge in [0.2, 0.25) is 0 Å². The van der Waals surface area contributed by atoms with Crippen molar-refractivity contribution in [1.82, 2.24) is 14.8 Å². The van der Waals surface area contributed by atoms with Crippen molar-refractivity contribution in [2.45, 2.75) is 12.7 Å². The van der Waals surface area contributed by atoms with E-state index in [0.29, 0.717) is 0 Å². The zero-order valence-corrected chi connectivity index (χ0v) is 9.03. The molecular weight excluding hydrogens is 249 g/mol. The number of rotatable bonds is 2. The van der Waals surface area contributed by atoms with Crippen LogP contribution in [0, 0.1) is 0 Å². The van der Waals surface area contributed by atoms with Gasteiger partial charge in [0, 0.05) is 0 Å². The van der Waals surface area contributed by atoms with Crippen LogP contribution in [-0.2, 0) is 12.7 Å². The van der Waals surface area contributed by atoms with E-state index in [-0.39, 0.29) is 18.1 Å². The highest BCUT2D eigenvalue weighted by atomic mass is 19.4. The summed E-state index contributed by atoms with van der Waals surface area (Å²) in [5, 5.41) is 5.85. The Kier molecular flexibility index (Phi) is 2.95. The number of hydrogen-bond acceptors (Lipinski definition) is 3. The molecule has 0 aliphatic heterocycles. The third-order valence-corrected chi connectivity index (χ3v) is 2.38. The lowest BCUT2D eigenvalue weighted by atomic mass is 10.2. The molecule has 2 rings (SSSR count). The van der Waals surface area contributed by atoms with E-state index < -0.39 is 17.4 Å². The number of H-pyrrole nitrogens is 1. The fraction of sp³-hybridized carbons (Fsp3) is 0.200.